The molecule has 0 atom stereocenters. The summed E-state index contributed by atoms with van der Waals surface area (Å²) in [6.45, 7) is 0.345. The zero-order valence-electron chi connectivity index (χ0n) is 19.9. The average molecular weight is 508 g/mol. The van der Waals surface area contributed by atoms with Gasteiger partial charge >= 0.3 is 11.9 Å². The van der Waals surface area contributed by atoms with Gasteiger partial charge in [0.05, 0.1) is 0 Å². The number of ketones is 1. The van der Waals surface area contributed by atoms with E-state index < -0.39 is 41.0 Å². The molecule has 2 aliphatic rings. The molecule has 2 aromatic carbocycles. The highest BCUT2D eigenvalue weighted by atomic mass is 32.3. The topological polar surface area (TPSA) is 132 Å². The molecule has 0 spiro atoms. The SMILES string of the molecule is Cc1cc(C(=O)N(CC(=O)O)CC(=O)O)ccc1C1=C2C=CC(=O)C=C2S(C)(C)c2cc(O)ccc21. The van der Waals surface area contributed by atoms with E-state index in [1.807, 2.05) is 13.0 Å². The van der Waals surface area contributed by atoms with E-state index in [4.69, 9.17) is 10.2 Å². The van der Waals surface area contributed by atoms with Gasteiger partial charge in [0, 0.05) is 15.4 Å². The van der Waals surface area contributed by atoms with Crippen molar-refractivity contribution < 1.29 is 34.5 Å². The number of nitrogens with zero attached hydrogens (tertiary/aromatic N) is 1. The third-order valence-electron chi connectivity index (χ3n) is 6.24. The van der Waals surface area contributed by atoms with Gasteiger partial charge in [0.15, 0.2) is 5.78 Å². The van der Waals surface area contributed by atoms with Crippen molar-refractivity contribution in [3.63, 3.8) is 0 Å². The van der Waals surface area contributed by atoms with Gasteiger partial charge in [0.1, 0.15) is 18.8 Å². The maximum atomic E-state index is 12.9. The largest absolute Gasteiger partial charge is 0.508 e. The van der Waals surface area contributed by atoms with Crippen molar-refractivity contribution in [2.45, 2.75) is 11.8 Å². The standard InChI is InChI=1S/C27H25NO7S/c1-15-10-16(27(35)28(13-24(31)32)14-25(33)34)4-7-19(15)26-20-8-5-17(29)11-22(20)36(2,3)23-12-18(30)6-9-21(23)26/h4-12,29H,13-14H2,1-3H3,(H,31,32)(H,33,34). The van der Waals surface area contributed by atoms with E-state index in [0.29, 0.717) is 5.56 Å². The van der Waals surface area contributed by atoms with Crippen molar-refractivity contribution in [1.29, 1.82) is 0 Å². The molecule has 1 aliphatic heterocycles. The minimum atomic E-state index is -1.61. The van der Waals surface area contributed by atoms with Crippen LogP contribution in [0.5, 0.6) is 5.75 Å². The quantitative estimate of drug-likeness (QED) is 0.544. The molecule has 0 aromatic heterocycles. The molecule has 0 fully saturated rings. The Balaban J connectivity index is 1.87. The Morgan fingerprint density at radius 1 is 0.917 bits per heavy atom. The van der Waals surface area contributed by atoms with Gasteiger partial charge in [0.2, 0.25) is 0 Å². The summed E-state index contributed by atoms with van der Waals surface area (Å²) >= 11 is 0. The lowest BCUT2D eigenvalue weighted by atomic mass is 9.87. The number of hydrogen-bond acceptors (Lipinski definition) is 5. The number of hydrogen-bond donors (Lipinski definition) is 3. The van der Waals surface area contributed by atoms with Gasteiger partial charge in [-0.15, -0.1) is 0 Å². The van der Waals surface area contributed by atoms with Crippen LogP contribution in [0.2, 0.25) is 0 Å². The van der Waals surface area contributed by atoms with E-state index in [1.165, 1.54) is 6.08 Å². The van der Waals surface area contributed by atoms with Crippen LogP contribution in [0.4, 0.5) is 0 Å². The summed E-state index contributed by atoms with van der Waals surface area (Å²) in [5.41, 5.74) is 4.36. The predicted molar refractivity (Wildman–Crippen MR) is 136 cm³/mol. The van der Waals surface area contributed by atoms with Gasteiger partial charge in [-0.1, -0.05) is 6.07 Å². The van der Waals surface area contributed by atoms with Crippen molar-refractivity contribution >= 4 is 39.2 Å². The molecule has 4 rings (SSSR count). The summed E-state index contributed by atoms with van der Waals surface area (Å²) in [5.74, 6) is -3.29. The van der Waals surface area contributed by atoms with Crippen LogP contribution in [0.15, 0.2) is 70.0 Å². The summed E-state index contributed by atoms with van der Waals surface area (Å²) in [5, 5.41) is 28.4. The molecule has 1 heterocycles. The number of aromatic hydroxyl groups is 1. The van der Waals surface area contributed by atoms with E-state index in [9.17, 15) is 24.3 Å². The number of amides is 1. The monoisotopic (exact) mass is 507 g/mol. The maximum absolute atomic E-state index is 12.9. The number of phenolic OH excluding ortho intramolecular Hbond substituents is 1. The van der Waals surface area contributed by atoms with Gasteiger partial charge < -0.3 is 20.2 Å². The molecule has 0 unspecified atom stereocenters. The normalized spacial score (nSPS) is 16.5. The number of carboxylic acid groups (broad SMARTS) is 2. The van der Waals surface area contributed by atoms with Crippen LogP contribution in [-0.4, -0.2) is 69.4 Å². The van der Waals surface area contributed by atoms with Crippen LogP contribution >= 0.6 is 10.0 Å². The molecule has 0 saturated heterocycles. The molecule has 186 valence electrons. The zero-order valence-corrected chi connectivity index (χ0v) is 20.8. The zero-order chi connectivity index (χ0) is 26.4. The third kappa shape index (κ3) is 4.45. The molecule has 8 nitrogen and oxygen atoms in total. The number of carbonyl (C=O) groups excluding carboxylic acids is 2. The molecule has 0 radical (unpaired) electrons. The van der Waals surface area contributed by atoms with Crippen LogP contribution in [0.25, 0.3) is 5.57 Å². The fourth-order valence-corrected chi connectivity index (χ4v) is 7.11. The van der Waals surface area contributed by atoms with Crippen molar-refractivity contribution in [2.75, 3.05) is 25.6 Å². The summed E-state index contributed by atoms with van der Waals surface area (Å²) in [4.78, 5) is 50.2. The highest BCUT2D eigenvalue weighted by Crippen LogP contribution is 2.66. The maximum Gasteiger partial charge on any atom is 0.323 e. The Bertz CT molecular complexity index is 1420. The van der Waals surface area contributed by atoms with Crippen molar-refractivity contribution in [3.05, 3.63) is 87.4 Å². The van der Waals surface area contributed by atoms with Crippen LogP contribution in [0, 0.1) is 6.92 Å². The van der Waals surface area contributed by atoms with Gasteiger partial charge in [-0.05, 0) is 95.8 Å². The van der Waals surface area contributed by atoms with E-state index in [2.05, 4.69) is 12.5 Å². The van der Waals surface area contributed by atoms with Crippen LogP contribution in [0.3, 0.4) is 0 Å². The molecule has 3 N–H and O–H groups in total. The van der Waals surface area contributed by atoms with E-state index in [0.717, 1.165) is 37.0 Å². The summed E-state index contributed by atoms with van der Waals surface area (Å²) < 4.78 is 0. The molecule has 1 aliphatic carbocycles. The van der Waals surface area contributed by atoms with E-state index in [1.54, 1.807) is 42.5 Å². The first-order chi connectivity index (χ1) is 16.9. The molecule has 2 aromatic rings. The fraction of sp³-hybridized carbons (Fsp3) is 0.185. The molecule has 1 amide bonds. The lowest BCUT2D eigenvalue weighted by molar-refractivity contribution is -0.140. The smallest absolute Gasteiger partial charge is 0.323 e. The Hall–Kier alpha value is -4.11. The number of aryl methyl sites for hydroxylation is 1. The van der Waals surface area contributed by atoms with Gasteiger partial charge in [0.25, 0.3) is 5.91 Å². The van der Waals surface area contributed by atoms with E-state index >= 15 is 0 Å². The van der Waals surface area contributed by atoms with Crippen molar-refractivity contribution in [3.8, 4) is 5.75 Å². The molecule has 0 saturated carbocycles. The number of benzene rings is 2. The second kappa shape index (κ2) is 9.16. The molecule has 9 heteroatoms. The number of aliphatic carboxylic acids is 2. The van der Waals surface area contributed by atoms with Gasteiger partial charge in [-0.3, -0.25) is 19.2 Å². The Morgan fingerprint density at radius 3 is 2.17 bits per heavy atom. The average Bonchev–Trinajstić information content (AvgIpc) is 2.79. The van der Waals surface area contributed by atoms with Crippen LogP contribution in [0.1, 0.15) is 27.0 Å². The van der Waals surface area contributed by atoms with Gasteiger partial charge in [-0.2, -0.15) is 10.0 Å². The minimum absolute atomic E-state index is 0.105. The predicted octanol–water partition coefficient (Wildman–Crippen LogP) is 3.57. The molecule has 36 heavy (non-hydrogen) atoms. The van der Waals surface area contributed by atoms with E-state index in [-0.39, 0.29) is 17.1 Å². The molecular formula is C27H25NO7S. The Labute approximate surface area is 209 Å². The van der Waals surface area contributed by atoms with Crippen molar-refractivity contribution in [2.24, 2.45) is 0 Å². The number of allylic oxidation sites excluding steroid dienone is 4. The highest BCUT2D eigenvalue weighted by Gasteiger charge is 2.35. The number of fused-ring (bicyclic) bond motifs is 2. The van der Waals surface area contributed by atoms with Crippen molar-refractivity contribution in [1.82, 2.24) is 4.90 Å². The second-order valence-electron chi connectivity index (χ2n) is 9.02. The molecule has 0 bridgehead atoms. The third-order valence-corrected chi connectivity index (χ3v) is 9.11. The first-order valence-corrected chi connectivity index (χ1v) is 13.4. The lowest BCUT2D eigenvalue weighted by Gasteiger charge is -2.43. The Kier molecular flexibility index (Phi) is 6.36. The molecular weight excluding hydrogens is 482 g/mol. The Morgan fingerprint density at radius 2 is 1.56 bits per heavy atom. The van der Waals surface area contributed by atoms with Gasteiger partial charge in [-0.25, -0.2) is 0 Å². The summed E-state index contributed by atoms with van der Waals surface area (Å²) in [7, 11) is -1.61. The number of carboxylic acids is 2. The second-order valence-corrected chi connectivity index (χ2v) is 12.6. The van der Waals surface area contributed by atoms with Crippen LogP contribution < -0.4 is 0 Å². The fourth-order valence-electron chi connectivity index (χ4n) is 4.61. The highest BCUT2D eigenvalue weighted by molar-refractivity contribution is 8.36. The first-order valence-electron chi connectivity index (χ1n) is 11.0. The minimum Gasteiger partial charge on any atom is -0.508 e. The van der Waals surface area contributed by atoms with Crippen LogP contribution in [-0.2, 0) is 14.4 Å². The summed E-state index contributed by atoms with van der Waals surface area (Å²) in [6, 6.07) is 10.1. The number of phenols is 1. The number of rotatable bonds is 6. The number of carbonyl (C=O) groups is 4. The lowest BCUT2D eigenvalue weighted by Crippen LogP contribution is -2.39. The summed E-state index contributed by atoms with van der Waals surface area (Å²) in [6.07, 6.45) is 9.11. The first kappa shape index (κ1) is 25.0.